The van der Waals surface area contributed by atoms with E-state index in [0.29, 0.717) is 13.1 Å². The first kappa shape index (κ1) is 15.0. The summed E-state index contributed by atoms with van der Waals surface area (Å²) in [5.74, 6) is -0.166. The monoisotopic (exact) mass is 286 g/mol. The Kier molecular flexibility index (Phi) is 4.90. The minimum atomic E-state index is -1.01. The quantitative estimate of drug-likeness (QED) is 0.883. The second kappa shape index (κ2) is 6.85. The first-order valence-corrected chi connectivity index (χ1v) is 6.60. The lowest BCUT2D eigenvalue weighted by molar-refractivity contribution is 0.0690. The third-order valence-corrected chi connectivity index (χ3v) is 3.09. The fourth-order valence-corrected chi connectivity index (χ4v) is 2.14. The number of rotatable bonds is 6. The van der Waals surface area contributed by atoms with E-state index in [-0.39, 0.29) is 5.69 Å². The average molecular weight is 286 g/mol. The molecule has 1 aromatic carbocycles. The third-order valence-electron chi connectivity index (χ3n) is 3.09. The molecule has 5 nitrogen and oxygen atoms in total. The number of hydrogen-bond donors (Lipinski definition) is 1. The zero-order chi connectivity index (χ0) is 15.2. The van der Waals surface area contributed by atoms with Gasteiger partial charge in [0, 0.05) is 18.7 Å². The Bertz CT molecular complexity index is 628. The minimum Gasteiger partial charge on any atom is -0.496 e. The molecule has 2 rings (SSSR count). The second-order valence-electron chi connectivity index (χ2n) is 4.80. The minimum absolute atomic E-state index is 0.0678. The van der Waals surface area contributed by atoms with Gasteiger partial charge in [-0.2, -0.15) is 0 Å². The zero-order valence-corrected chi connectivity index (χ0v) is 12.1. The van der Waals surface area contributed by atoms with Gasteiger partial charge in [0.1, 0.15) is 11.4 Å². The Balaban J connectivity index is 2.06. The number of hydrogen-bond acceptors (Lipinski definition) is 4. The van der Waals surface area contributed by atoms with Crippen LogP contribution in [-0.4, -0.2) is 35.1 Å². The molecule has 0 atom stereocenters. The smallest absolute Gasteiger partial charge is 0.354 e. The standard InChI is InChI=1S/C16H18N2O3/c1-18(10-12-6-3-4-9-15(12)21-2)11-13-7-5-8-14(17-13)16(19)20/h3-9H,10-11H2,1-2H3,(H,19,20). The summed E-state index contributed by atoms with van der Waals surface area (Å²) in [6.45, 7) is 1.27. The molecule has 21 heavy (non-hydrogen) atoms. The molecule has 0 unspecified atom stereocenters. The normalized spacial score (nSPS) is 10.6. The average Bonchev–Trinajstić information content (AvgIpc) is 2.48. The van der Waals surface area contributed by atoms with E-state index in [0.717, 1.165) is 17.0 Å². The van der Waals surface area contributed by atoms with E-state index < -0.39 is 5.97 Å². The van der Waals surface area contributed by atoms with E-state index in [1.807, 2.05) is 37.4 Å². The number of aromatic nitrogens is 1. The van der Waals surface area contributed by atoms with Gasteiger partial charge in [-0.05, 0) is 25.2 Å². The van der Waals surface area contributed by atoms with Crippen molar-refractivity contribution >= 4 is 5.97 Å². The number of carboxylic acids is 1. The molecule has 1 N–H and O–H groups in total. The van der Waals surface area contributed by atoms with Crippen molar-refractivity contribution in [1.82, 2.24) is 9.88 Å². The van der Waals surface area contributed by atoms with Crippen molar-refractivity contribution in [3.63, 3.8) is 0 Å². The first-order valence-electron chi connectivity index (χ1n) is 6.60. The predicted molar refractivity (Wildman–Crippen MR) is 79.4 cm³/mol. The van der Waals surface area contributed by atoms with Gasteiger partial charge in [-0.1, -0.05) is 24.3 Å². The lowest BCUT2D eigenvalue weighted by Gasteiger charge is -2.18. The van der Waals surface area contributed by atoms with E-state index >= 15 is 0 Å². The van der Waals surface area contributed by atoms with Gasteiger partial charge in [0.25, 0.3) is 0 Å². The number of nitrogens with zero attached hydrogens (tertiary/aromatic N) is 2. The molecule has 2 aromatic rings. The Morgan fingerprint density at radius 1 is 1.19 bits per heavy atom. The van der Waals surface area contributed by atoms with Crippen LogP contribution in [0.1, 0.15) is 21.7 Å². The van der Waals surface area contributed by atoms with Crippen LogP contribution in [-0.2, 0) is 13.1 Å². The molecule has 0 saturated heterocycles. The molecule has 0 aliphatic rings. The summed E-state index contributed by atoms with van der Waals surface area (Å²) in [5, 5.41) is 8.95. The van der Waals surface area contributed by atoms with Gasteiger partial charge < -0.3 is 9.84 Å². The van der Waals surface area contributed by atoms with Crippen LogP contribution in [0, 0.1) is 0 Å². The topological polar surface area (TPSA) is 62.7 Å². The summed E-state index contributed by atoms with van der Waals surface area (Å²) in [6.07, 6.45) is 0. The summed E-state index contributed by atoms with van der Waals surface area (Å²) >= 11 is 0. The molecule has 0 aliphatic carbocycles. The van der Waals surface area contributed by atoms with Crippen LogP contribution >= 0.6 is 0 Å². The molecular formula is C16H18N2O3. The molecule has 0 spiro atoms. The fraction of sp³-hybridized carbons (Fsp3) is 0.250. The molecule has 110 valence electrons. The lowest BCUT2D eigenvalue weighted by Crippen LogP contribution is -2.19. The Hall–Kier alpha value is -2.40. The highest BCUT2D eigenvalue weighted by molar-refractivity contribution is 5.85. The van der Waals surface area contributed by atoms with Crippen LogP contribution in [0.2, 0.25) is 0 Å². The summed E-state index contributed by atoms with van der Waals surface area (Å²) < 4.78 is 5.33. The highest BCUT2D eigenvalue weighted by atomic mass is 16.5. The molecule has 0 bridgehead atoms. The Morgan fingerprint density at radius 2 is 1.95 bits per heavy atom. The molecule has 1 heterocycles. The molecule has 0 saturated carbocycles. The van der Waals surface area contributed by atoms with Crippen molar-refractivity contribution in [3.8, 4) is 5.75 Å². The highest BCUT2D eigenvalue weighted by Gasteiger charge is 2.09. The number of carbonyl (C=O) groups is 1. The Labute approximate surface area is 123 Å². The van der Waals surface area contributed by atoms with Crippen LogP contribution in [0.25, 0.3) is 0 Å². The molecular weight excluding hydrogens is 268 g/mol. The van der Waals surface area contributed by atoms with Crippen molar-refractivity contribution in [2.24, 2.45) is 0 Å². The van der Waals surface area contributed by atoms with Crippen molar-refractivity contribution in [1.29, 1.82) is 0 Å². The van der Waals surface area contributed by atoms with Crippen molar-refractivity contribution in [2.75, 3.05) is 14.2 Å². The number of ether oxygens (including phenoxy) is 1. The van der Waals surface area contributed by atoms with E-state index in [4.69, 9.17) is 9.84 Å². The van der Waals surface area contributed by atoms with Crippen LogP contribution in [0.5, 0.6) is 5.75 Å². The van der Waals surface area contributed by atoms with Gasteiger partial charge in [0.15, 0.2) is 0 Å². The summed E-state index contributed by atoms with van der Waals surface area (Å²) in [6, 6.07) is 12.9. The molecule has 0 amide bonds. The SMILES string of the molecule is COc1ccccc1CN(C)Cc1cccc(C(=O)O)n1. The second-order valence-corrected chi connectivity index (χ2v) is 4.80. The summed E-state index contributed by atoms with van der Waals surface area (Å²) in [4.78, 5) is 17.1. The van der Waals surface area contributed by atoms with Crippen LogP contribution < -0.4 is 4.74 Å². The van der Waals surface area contributed by atoms with Crippen molar-refractivity contribution in [3.05, 3.63) is 59.4 Å². The van der Waals surface area contributed by atoms with E-state index in [1.165, 1.54) is 6.07 Å². The number of methoxy groups -OCH3 is 1. The maximum atomic E-state index is 10.9. The van der Waals surface area contributed by atoms with E-state index in [1.54, 1.807) is 13.2 Å². The van der Waals surface area contributed by atoms with Gasteiger partial charge in [0.05, 0.1) is 12.8 Å². The third kappa shape index (κ3) is 4.03. The number of pyridine rings is 1. The van der Waals surface area contributed by atoms with Crippen molar-refractivity contribution < 1.29 is 14.6 Å². The summed E-state index contributed by atoms with van der Waals surface area (Å²) in [5.41, 5.74) is 1.88. The molecule has 0 fully saturated rings. The number of para-hydroxylation sites is 1. The van der Waals surface area contributed by atoms with Crippen LogP contribution in [0.4, 0.5) is 0 Å². The van der Waals surface area contributed by atoms with Crippen LogP contribution in [0.15, 0.2) is 42.5 Å². The number of carboxylic acid groups (broad SMARTS) is 1. The predicted octanol–water partition coefficient (Wildman–Crippen LogP) is 2.42. The maximum absolute atomic E-state index is 10.9. The van der Waals surface area contributed by atoms with Gasteiger partial charge >= 0.3 is 5.97 Å². The number of aromatic carboxylic acids is 1. The first-order chi connectivity index (χ1) is 10.1. The van der Waals surface area contributed by atoms with Crippen LogP contribution in [0.3, 0.4) is 0 Å². The van der Waals surface area contributed by atoms with Gasteiger partial charge in [-0.15, -0.1) is 0 Å². The van der Waals surface area contributed by atoms with Crippen molar-refractivity contribution in [2.45, 2.75) is 13.1 Å². The zero-order valence-electron chi connectivity index (χ0n) is 12.1. The molecule has 0 aliphatic heterocycles. The van der Waals surface area contributed by atoms with Gasteiger partial charge in [-0.3, -0.25) is 4.90 Å². The van der Waals surface area contributed by atoms with Gasteiger partial charge in [-0.25, -0.2) is 9.78 Å². The highest BCUT2D eigenvalue weighted by Crippen LogP contribution is 2.19. The molecule has 5 heteroatoms. The van der Waals surface area contributed by atoms with Gasteiger partial charge in [0.2, 0.25) is 0 Å². The van der Waals surface area contributed by atoms with E-state index in [2.05, 4.69) is 9.88 Å². The number of benzene rings is 1. The summed E-state index contributed by atoms with van der Waals surface area (Å²) in [7, 11) is 3.61. The molecule has 0 radical (unpaired) electrons. The van der Waals surface area contributed by atoms with E-state index in [9.17, 15) is 4.79 Å². The fourth-order valence-electron chi connectivity index (χ4n) is 2.14. The Morgan fingerprint density at radius 3 is 2.67 bits per heavy atom. The molecule has 1 aromatic heterocycles. The largest absolute Gasteiger partial charge is 0.496 e. The lowest BCUT2D eigenvalue weighted by atomic mass is 10.2. The maximum Gasteiger partial charge on any atom is 0.354 e.